The number of hydrogen-bond acceptors (Lipinski definition) is 2. The molecule has 2 rings (SSSR count). The Morgan fingerprint density at radius 3 is 2.75 bits per heavy atom. The maximum Gasteiger partial charge on any atom is 0.155 e. The molecule has 0 aliphatic heterocycles. The Balaban J connectivity index is 2.63. The van der Waals surface area contributed by atoms with Gasteiger partial charge >= 0.3 is 0 Å². The van der Waals surface area contributed by atoms with Crippen molar-refractivity contribution < 1.29 is 4.79 Å². The molecule has 0 spiro atoms. The molecule has 0 unspecified atom stereocenters. The third-order valence-electron chi connectivity index (χ3n) is 2.51. The second-order valence-corrected chi connectivity index (χ2v) is 4.53. The van der Waals surface area contributed by atoms with E-state index in [0.717, 1.165) is 17.4 Å². The lowest BCUT2D eigenvalue weighted by Gasteiger charge is -2.04. The van der Waals surface area contributed by atoms with Crippen molar-refractivity contribution in [3.8, 4) is 11.3 Å². The van der Waals surface area contributed by atoms with Gasteiger partial charge in [0.25, 0.3) is 0 Å². The van der Waals surface area contributed by atoms with Crippen LogP contribution in [0.4, 0.5) is 0 Å². The summed E-state index contributed by atoms with van der Waals surface area (Å²) in [6.07, 6.45) is 0.808. The number of rotatable bonds is 2. The number of aromatic amines is 1. The van der Waals surface area contributed by atoms with Crippen molar-refractivity contribution in [2.45, 2.75) is 13.8 Å². The number of nitrogens with one attached hydrogen (secondary N) is 1. The van der Waals surface area contributed by atoms with Crippen LogP contribution in [0.2, 0.25) is 0 Å². The summed E-state index contributed by atoms with van der Waals surface area (Å²) in [7, 11) is 0. The number of hydrogen-bond donors (Lipinski definition) is 1. The van der Waals surface area contributed by atoms with Gasteiger partial charge in [-0.15, -0.1) is 0 Å². The van der Waals surface area contributed by atoms with Crippen LogP contribution in [0.5, 0.6) is 0 Å². The average molecular weight is 279 g/mol. The molecule has 1 aromatic heterocycles. The fourth-order valence-electron chi connectivity index (χ4n) is 1.72. The van der Waals surface area contributed by atoms with Gasteiger partial charge in [0.15, 0.2) is 6.29 Å². The number of aromatic nitrogens is 2. The molecule has 0 atom stereocenters. The van der Waals surface area contributed by atoms with Gasteiger partial charge in [-0.3, -0.25) is 9.89 Å². The first-order valence-electron chi connectivity index (χ1n) is 4.90. The Bertz CT molecular complexity index is 546. The fourth-order valence-corrected chi connectivity index (χ4v) is 2.09. The predicted molar refractivity (Wildman–Crippen MR) is 66.6 cm³/mol. The number of H-pyrrole nitrogens is 1. The first-order chi connectivity index (χ1) is 7.63. The van der Waals surface area contributed by atoms with Crippen LogP contribution in [-0.2, 0) is 0 Å². The van der Waals surface area contributed by atoms with Crippen molar-refractivity contribution in [1.29, 1.82) is 0 Å². The van der Waals surface area contributed by atoms with E-state index >= 15 is 0 Å². The van der Waals surface area contributed by atoms with Crippen LogP contribution < -0.4 is 0 Å². The van der Waals surface area contributed by atoms with Gasteiger partial charge in [-0.1, -0.05) is 23.8 Å². The summed E-state index contributed by atoms with van der Waals surface area (Å²) >= 11 is 3.26. The number of carbonyl (C=O) groups excluding carboxylic acids is 1. The zero-order chi connectivity index (χ0) is 11.7. The molecule has 1 heterocycles. The summed E-state index contributed by atoms with van der Waals surface area (Å²) in [5, 5.41) is 6.91. The Morgan fingerprint density at radius 1 is 1.38 bits per heavy atom. The largest absolute Gasteiger partial charge is 0.298 e. The van der Waals surface area contributed by atoms with E-state index in [2.05, 4.69) is 32.2 Å². The molecular formula is C12H11BrN2O. The highest BCUT2D eigenvalue weighted by atomic mass is 79.9. The molecule has 0 aliphatic carbocycles. The molecule has 0 amide bonds. The van der Waals surface area contributed by atoms with E-state index in [1.165, 1.54) is 5.56 Å². The molecular weight excluding hydrogens is 268 g/mol. The van der Waals surface area contributed by atoms with Crippen LogP contribution in [0.3, 0.4) is 0 Å². The monoisotopic (exact) mass is 278 g/mol. The number of aryl methyl sites for hydroxylation is 2. The van der Waals surface area contributed by atoms with E-state index in [-0.39, 0.29) is 0 Å². The molecule has 0 aliphatic rings. The van der Waals surface area contributed by atoms with E-state index in [0.29, 0.717) is 15.9 Å². The van der Waals surface area contributed by atoms with Crippen molar-refractivity contribution >= 4 is 22.2 Å². The van der Waals surface area contributed by atoms with Crippen molar-refractivity contribution in [1.82, 2.24) is 10.2 Å². The van der Waals surface area contributed by atoms with Gasteiger partial charge in [-0.2, -0.15) is 5.10 Å². The first-order valence-corrected chi connectivity index (χ1v) is 5.69. The van der Waals surface area contributed by atoms with E-state index < -0.39 is 0 Å². The minimum atomic E-state index is 0.562. The Morgan fingerprint density at radius 2 is 2.12 bits per heavy atom. The normalized spacial score (nSPS) is 10.4. The Labute approximate surface area is 102 Å². The molecule has 0 bridgehead atoms. The summed E-state index contributed by atoms with van der Waals surface area (Å²) in [6.45, 7) is 4.05. The molecule has 0 radical (unpaired) electrons. The highest BCUT2D eigenvalue weighted by Crippen LogP contribution is 2.28. The number of benzene rings is 1. The van der Waals surface area contributed by atoms with Crippen LogP contribution >= 0.6 is 15.9 Å². The first kappa shape index (κ1) is 11.1. The minimum Gasteiger partial charge on any atom is -0.298 e. The quantitative estimate of drug-likeness (QED) is 0.857. The van der Waals surface area contributed by atoms with Crippen LogP contribution in [0.25, 0.3) is 11.3 Å². The van der Waals surface area contributed by atoms with Gasteiger partial charge in [0.05, 0.1) is 5.56 Å². The van der Waals surface area contributed by atoms with Crippen LogP contribution in [0.15, 0.2) is 22.8 Å². The molecule has 4 heteroatoms. The molecule has 3 nitrogen and oxygen atoms in total. The zero-order valence-corrected chi connectivity index (χ0v) is 10.6. The van der Waals surface area contributed by atoms with Crippen molar-refractivity contribution in [3.05, 3.63) is 39.5 Å². The minimum absolute atomic E-state index is 0.562. The van der Waals surface area contributed by atoms with Crippen LogP contribution in [0.1, 0.15) is 21.5 Å². The molecule has 1 aromatic carbocycles. The van der Waals surface area contributed by atoms with Crippen molar-refractivity contribution in [3.63, 3.8) is 0 Å². The van der Waals surface area contributed by atoms with Gasteiger partial charge in [-0.05, 0) is 35.3 Å². The maximum atomic E-state index is 11.0. The number of carbonyl (C=O) groups is 1. The summed E-state index contributed by atoms with van der Waals surface area (Å²) in [6, 6.07) is 6.08. The standard InChI is InChI=1S/C12H11BrN2O/c1-7-3-4-9(8(2)5-7)11-10(6-16)12(13)15-14-11/h3-6H,1-2H3,(H,14,15). The zero-order valence-electron chi connectivity index (χ0n) is 9.04. The highest BCUT2D eigenvalue weighted by molar-refractivity contribution is 9.10. The predicted octanol–water partition coefficient (Wildman–Crippen LogP) is 3.27. The summed E-state index contributed by atoms with van der Waals surface area (Å²) in [5.74, 6) is 0. The Kier molecular flexibility index (Phi) is 2.92. The molecule has 82 valence electrons. The average Bonchev–Trinajstić information content (AvgIpc) is 2.59. The van der Waals surface area contributed by atoms with Crippen LogP contribution in [-0.4, -0.2) is 16.5 Å². The molecule has 2 aromatic rings. The van der Waals surface area contributed by atoms with Gasteiger partial charge in [0.2, 0.25) is 0 Å². The lowest BCUT2D eigenvalue weighted by Crippen LogP contribution is -1.89. The van der Waals surface area contributed by atoms with Gasteiger partial charge in [0, 0.05) is 5.56 Å². The van der Waals surface area contributed by atoms with E-state index in [9.17, 15) is 4.79 Å². The molecule has 1 N–H and O–H groups in total. The molecule has 0 saturated carbocycles. The summed E-state index contributed by atoms with van der Waals surface area (Å²) < 4.78 is 0.623. The summed E-state index contributed by atoms with van der Waals surface area (Å²) in [4.78, 5) is 11.0. The highest BCUT2D eigenvalue weighted by Gasteiger charge is 2.13. The lowest BCUT2D eigenvalue weighted by atomic mass is 10.0. The fraction of sp³-hybridized carbons (Fsp3) is 0.167. The lowest BCUT2D eigenvalue weighted by molar-refractivity contribution is 0.112. The number of aldehydes is 1. The molecule has 16 heavy (non-hydrogen) atoms. The van der Waals surface area contributed by atoms with E-state index in [1.807, 2.05) is 26.0 Å². The van der Waals surface area contributed by atoms with E-state index in [1.54, 1.807) is 0 Å². The third-order valence-corrected chi connectivity index (χ3v) is 3.12. The third kappa shape index (κ3) is 1.80. The van der Waals surface area contributed by atoms with Crippen molar-refractivity contribution in [2.24, 2.45) is 0 Å². The van der Waals surface area contributed by atoms with E-state index in [4.69, 9.17) is 0 Å². The van der Waals surface area contributed by atoms with Gasteiger partial charge in [-0.25, -0.2) is 0 Å². The maximum absolute atomic E-state index is 11.0. The number of halogens is 1. The SMILES string of the molecule is Cc1ccc(-c2n[nH]c(Br)c2C=O)c(C)c1. The second kappa shape index (κ2) is 4.22. The Hall–Kier alpha value is -1.42. The van der Waals surface area contributed by atoms with Crippen LogP contribution in [0, 0.1) is 13.8 Å². The molecule has 0 fully saturated rings. The van der Waals surface area contributed by atoms with Crippen molar-refractivity contribution in [2.75, 3.05) is 0 Å². The number of nitrogens with zero attached hydrogens (tertiary/aromatic N) is 1. The smallest absolute Gasteiger partial charge is 0.155 e. The topological polar surface area (TPSA) is 45.8 Å². The molecule has 0 saturated heterocycles. The second-order valence-electron chi connectivity index (χ2n) is 3.74. The summed E-state index contributed by atoms with van der Waals surface area (Å²) in [5.41, 5.74) is 4.55. The van der Waals surface area contributed by atoms with Gasteiger partial charge < -0.3 is 0 Å². The van der Waals surface area contributed by atoms with Gasteiger partial charge in [0.1, 0.15) is 10.3 Å².